The number of hydrogen-bond donors (Lipinski definition) is 1. The Labute approximate surface area is 121 Å². The first-order valence-corrected chi connectivity index (χ1v) is 7.01. The van der Waals surface area contributed by atoms with E-state index in [-0.39, 0.29) is 6.04 Å². The zero-order valence-electron chi connectivity index (χ0n) is 12.7. The van der Waals surface area contributed by atoms with Gasteiger partial charge in [-0.2, -0.15) is 0 Å². The molecule has 20 heavy (non-hydrogen) atoms. The van der Waals surface area contributed by atoms with Gasteiger partial charge in [0, 0.05) is 44.3 Å². The van der Waals surface area contributed by atoms with Crippen molar-refractivity contribution in [3.63, 3.8) is 0 Å². The van der Waals surface area contributed by atoms with Gasteiger partial charge in [0.05, 0.1) is 0 Å². The van der Waals surface area contributed by atoms with Crippen LogP contribution in [0, 0.1) is 0 Å². The number of aromatic nitrogens is 1. The normalized spacial score (nSPS) is 13.8. The van der Waals surface area contributed by atoms with E-state index in [1.807, 2.05) is 12.3 Å². The van der Waals surface area contributed by atoms with Crippen LogP contribution in [0.4, 0.5) is 5.69 Å². The van der Waals surface area contributed by atoms with Crippen LogP contribution >= 0.6 is 0 Å². The van der Waals surface area contributed by atoms with Gasteiger partial charge >= 0.3 is 0 Å². The third-order valence-corrected chi connectivity index (χ3v) is 3.59. The van der Waals surface area contributed by atoms with Crippen LogP contribution < -0.4 is 10.2 Å². The molecule has 1 aromatic carbocycles. The maximum atomic E-state index is 4.17. The molecule has 1 heterocycles. The first kappa shape index (κ1) is 14.5. The van der Waals surface area contributed by atoms with Gasteiger partial charge in [-0.25, -0.2) is 0 Å². The van der Waals surface area contributed by atoms with Crippen molar-refractivity contribution in [3.05, 3.63) is 59.9 Å². The second-order valence-electron chi connectivity index (χ2n) is 5.38. The molecule has 106 valence electrons. The van der Waals surface area contributed by atoms with E-state index in [0.29, 0.717) is 6.04 Å². The van der Waals surface area contributed by atoms with Gasteiger partial charge < -0.3 is 10.2 Å². The summed E-state index contributed by atoms with van der Waals surface area (Å²) in [4.78, 5) is 6.28. The summed E-state index contributed by atoms with van der Waals surface area (Å²) in [5, 5.41) is 3.61. The fourth-order valence-corrected chi connectivity index (χ4v) is 2.26. The van der Waals surface area contributed by atoms with E-state index in [0.717, 1.165) is 0 Å². The summed E-state index contributed by atoms with van der Waals surface area (Å²) in [5.74, 6) is 0. The molecule has 0 radical (unpaired) electrons. The number of anilines is 1. The van der Waals surface area contributed by atoms with Gasteiger partial charge in [0.1, 0.15) is 0 Å². The largest absolute Gasteiger partial charge is 0.378 e. The zero-order valence-corrected chi connectivity index (χ0v) is 12.7. The van der Waals surface area contributed by atoms with Gasteiger partial charge in [-0.3, -0.25) is 4.98 Å². The molecule has 0 amide bonds. The lowest BCUT2D eigenvalue weighted by molar-refractivity contribution is 0.494. The Bertz CT molecular complexity index is 520. The maximum Gasteiger partial charge on any atom is 0.0361 e. The molecule has 0 saturated heterocycles. The van der Waals surface area contributed by atoms with Crippen molar-refractivity contribution >= 4 is 5.69 Å². The SMILES string of the molecule is CC(NC(C)c1cccnc1)c1ccc(N(C)C)cc1. The highest BCUT2D eigenvalue weighted by atomic mass is 15.1. The zero-order chi connectivity index (χ0) is 14.5. The second kappa shape index (κ2) is 6.53. The van der Waals surface area contributed by atoms with E-state index in [2.05, 4.69) is 73.5 Å². The highest BCUT2D eigenvalue weighted by Crippen LogP contribution is 2.21. The second-order valence-corrected chi connectivity index (χ2v) is 5.38. The molecule has 2 unspecified atom stereocenters. The Kier molecular flexibility index (Phi) is 4.74. The molecule has 3 heteroatoms. The van der Waals surface area contributed by atoms with Gasteiger partial charge in [0.15, 0.2) is 0 Å². The van der Waals surface area contributed by atoms with Crippen molar-refractivity contribution in [2.75, 3.05) is 19.0 Å². The molecule has 2 rings (SSSR count). The van der Waals surface area contributed by atoms with Crippen LogP contribution in [0.3, 0.4) is 0 Å². The summed E-state index contributed by atoms with van der Waals surface area (Å²) < 4.78 is 0. The standard InChI is InChI=1S/C17H23N3/c1-13(15-7-9-17(10-8-15)20(3)4)19-14(2)16-6-5-11-18-12-16/h5-14,19H,1-4H3. The highest BCUT2D eigenvalue weighted by Gasteiger charge is 2.11. The number of benzene rings is 1. The lowest BCUT2D eigenvalue weighted by atomic mass is 10.0. The summed E-state index contributed by atoms with van der Waals surface area (Å²) >= 11 is 0. The molecule has 0 fully saturated rings. The Morgan fingerprint density at radius 2 is 1.60 bits per heavy atom. The molecule has 2 atom stereocenters. The number of hydrogen-bond acceptors (Lipinski definition) is 3. The van der Waals surface area contributed by atoms with Crippen LogP contribution in [0.1, 0.15) is 37.1 Å². The topological polar surface area (TPSA) is 28.2 Å². The molecule has 0 aliphatic heterocycles. The van der Waals surface area contributed by atoms with Crippen LogP contribution in [-0.4, -0.2) is 19.1 Å². The van der Waals surface area contributed by atoms with Crippen molar-refractivity contribution in [2.45, 2.75) is 25.9 Å². The maximum absolute atomic E-state index is 4.17. The Morgan fingerprint density at radius 1 is 0.950 bits per heavy atom. The minimum atomic E-state index is 0.284. The minimum absolute atomic E-state index is 0.284. The summed E-state index contributed by atoms with van der Waals surface area (Å²) in [5.41, 5.74) is 3.73. The highest BCUT2D eigenvalue weighted by molar-refractivity contribution is 5.46. The van der Waals surface area contributed by atoms with Gasteiger partial charge in [0.2, 0.25) is 0 Å². The Hall–Kier alpha value is -1.87. The smallest absolute Gasteiger partial charge is 0.0361 e. The first-order chi connectivity index (χ1) is 9.58. The van der Waals surface area contributed by atoms with Crippen LogP contribution in [0.5, 0.6) is 0 Å². The molecule has 3 nitrogen and oxygen atoms in total. The molecular weight excluding hydrogens is 246 g/mol. The van der Waals surface area contributed by atoms with Crippen LogP contribution in [0.2, 0.25) is 0 Å². The third-order valence-electron chi connectivity index (χ3n) is 3.59. The van der Waals surface area contributed by atoms with Gasteiger partial charge in [0.25, 0.3) is 0 Å². The predicted octanol–water partition coefficient (Wildman–Crippen LogP) is 3.56. The predicted molar refractivity (Wildman–Crippen MR) is 85.0 cm³/mol. The number of nitrogens with one attached hydrogen (secondary N) is 1. The van der Waals surface area contributed by atoms with Crippen molar-refractivity contribution in [1.29, 1.82) is 0 Å². The average Bonchev–Trinajstić information content (AvgIpc) is 2.48. The van der Waals surface area contributed by atoms with E-state index < -0.39 is 0 Å². The summed E-state index contributed by atoms with van der Waals surface area (Å²) in [7, 11) is 4.11. The van der Waals surface area contributed by atoms with Crippen molar-refractivity contribution in [3.8, 4) is 0 Å². The minimum Gasteiger partial charge on any atom is -0.378 e. The molecule has 0 bridgehead atoms. The molecule has 0 aliphatic rings. The van der Waals surface area contributed by atoms with Crippen LogP contribution in [0.25, 0.3) is 0 Å². The fraction of sp³-hybridized carbons (Fsp3) is 0.353. The summed E-state index contributed by atoms with van der Waals surface area (Å²) in [6.45, 7) is 4.36. The summed E-state index contributed by atoms with van der Waals surface area (Å²) in [6.07, 6.45) is 3.72. The first-order valence-electron chi connectivity index (χ1n) is 7.01. The van der Waals surface area contributed by atoms with Gasteiger partial charge in [-0.15, -0.1) is 0 Å². The van der Waals surface area contributed by atoms with Gasteiger partial charge in [-0.1, -0.05) is 18.2 Å². The lowest BCUT2D eigenvalue weighted by Crippen LogP contribution is -2.22. The van der Waals surface area contributed by atoms with E-state index in [1.165, 1.54) is 16.8 Å². The number of nitrogens with zero attached hydrogens (tertiary/aromatic N) is 2. The molecule has 1 aromatic heterocycles. The molecule has 1 N–H and O–H groups in total. The summed E-state index contributed by atoms with van der Waals surface area (Å²) in [6, 6.07) is 13.3. The van der Waals surface area contributed by atoms with Crippen LogP contribution in [0.15, 0.2) is 48.8 Å². The lowest BCUT2D eigenvalue weighted by Gasteiger charge is -2.21. The third kappa shape index (κ3) is 3.58. The molecule has 0 saturated carbocycles. The van der Waals surface area contributed by atoms with Crippen molar-refractivity contribution in [1.82, 2.24) is 10.3 Å². The van der Waals surface area contributed by atoms with Crippen molar-refractivity contribution < 1.29 is 0 Å². The average molecular weight is 269 g/mol. The monoisotopic (exact) mass is 269 g/mol. The fourth-order valence-electron chi connectivity index (χ4n) is 2.26. The number of pyridine rings is 1. The van der Waals surface area contributed by atoms with Crippen LogP contribution in [-0.2, 0) is 0 Å². The quantitative estimate of drug-likeness (QED) is 0.899. The van der Waals surface area contributed by atoms with E-state index in [1.54, 1.807) is 6.20 Å². The van der Waals surface area contributed by atoms with Gasteiger partial charge in [-0.05, 0) is 43.2 Å². The number of rotatable bonds is 5. The molecule has 0 spiro atoms. The van der Waals surface area contributed by atoms with E-state index >= 15 is 0 Å². The molecular formula is C17H23N3. The molecule has 2 aromatic rings. The van der Waals surface area contributed by atoms with E-state index in [9.17, 15) is 0 Å². The Morgan fingerprint density at radius 3 is 2.15 bits per heavy atom. The van der Waals surface area contributed by atoms with Crippen molar-refractivity contribution in [2.24, 2.45) is 0 Å². The molecule has 0 aliphatic carbocycles. The van der Waals surface area contributed by atoms with E-state index in [4.69, 9.17) is 0 Å². The Balaban J connectivity index is 2.02.